The Morgan fingerprint density at radius 3 is 1.87 bits per heavy atom. The fourth-order valence-corrected chi connectivity index (χ4v) is 22.8. The Hall–Kier alpha value is -10.2. The number of pyridine rings is 1. The van der Waals surface area contributed by atoms with Crippen LogP contribution in [0.15, 0.2) is 103 Å². The summed E-state index contributed by atoms with van der Waals surface area (Å²) in [7, 11) is 1.68. The van der Waals surface area contributed by atoms with Gasteiger partial charge in [-0.15, -0.1) is 56.0 Å². The number of benzene rings is 2. The summed E-state index contributed by atoms with van der Waals surface area (Å²) in [5.41, 5.74) is 5.45. The molecule has 9 aliphatic rings. The maximum Gasteiger partial charge on any atom is 0.322 e. The van der Waals surface area contributed by atoms with Crippen molar-refractivity contribution in [3.8, 4) is 23.0 Å². The van der Waals surface area contributed by atoms with E-state index in [1.165, 1.54) is 92.0 Å². The first-order valence-electron chi connectivity index (χ1n) is 41.6. The van der Waals surface area contributed by atoms with E-state index in [0.717, 1.165) is 187 Å². The maximum atomic E-state index is 12.7. The quantitative estimate of drug-likeness (QED) is 0.0516. The van der Waals surface area contributed by atoms with Crippen LogP contribution >= 0.6 is 45.8 Å². The van der Waals surface area contributed by atoms with Crippen LogP contribution in [0.5, 0.6) is 23.0 Å². The number of methoxy groups -OCH3 is 1. The van der Waals surface area contributed by atoms with E-state index in [-0.39, 0.29) is 41.7 Å². The van der Waals surface area contributed by atoms with Gasteiger partial charge in [0.2, 0.25) is 11.8 Å². The zero-order chi connectivity index (χ0) is 81.0. The topological polar surface area (TPSA) is 303 Å². The number of hydrogen-bond acceptors (Lipinski definition) is 27. The number of carbonyl (C=O) groups excluding carboxylic acids is 4. The molecular formula is C86H102N20O8S4. The fourth-order valence-electron chi connectivity index (χ4n) is 18.0. The minimum atomic E-state index is -0.735. The average molecular weight is 1670 g/mol. The number of ether oxygens (including phenoxy) is 4. The zero-order valence-electron chi connectivity index (χ0n) is 67.8. The lowest BCUT2D eigenvalue weighted by molar-refractivity contribution is -0.126. The van der Waals surface area contributed by atoms with E-state index in [0.29, 0.717) is 56.7 Å². The summed E-state index contributed by atoms with van der Waals surface area (Å²) in [4.78, 5) is 105. The molecule has 4 N–H and O–H groups in total. The largest absolute Gasteiger partial charge is 0.497 e. The number of piperidine rings is 3. The second-order valence-electron chi connectivity index (χ2n) is 32.2. The van der Waals surface area contributed by atoms with Crippen LogP contribution in [0, 0.1) is 45.4 Å². The van der Waals surface area contributed by atoms with Gasteiger partial charge in [-0.2, -0.15) is 0 Å². The lowest BCUT2D eigenvalue weighted by atomic mass is 9.79. The predicted molar refractivity (Wildman–Crippen MR) is 462 cm³/mol. The number of fused-ring (bicyclic) bond motifs is 10. The minimum absolute atomic E-state index is 0.00989. The van der Waals surface area contributed by atoms with Gasteiger partial charge < -0.3 is 54.5 Å². The molecule has 32 heteroatoms. The molecule has 28 nitrogen and oxygen atoms in total. The van der Waals surface area contributed by atoms with Crippen LogP contribution in [-0.4, -0.2) is 205 Å². The summed E-state index contributed by atoms with van der Waals surface area (Å²) in [5, 5.41) is 25.2. The summed E-state index contributed by atoms with van der Waals surface area (Å²) in [5.74, 6) is 9.70. The number of imide groups is 1. The van der Waals surface area contributed by atoms with Crippen LogP contribution in [0.4, 0.5) is 28.1 Å². The standard InChI is InChI=1S/C23H26N4O3S.C23H28N4O2S.C22H25N7OS.C18H23N5O2S/c1-14-15(2)31-23-20(14)21(25-13-26-23)27-9-7-16(8-10-27)22(28)24-11-17-12-29-18-5-3-4-6-19(18)30-17;1-28-17-6-8-18(9-7-17)29-15-14-26-10-12-27(13-11-26)22-21-19-4-2-3-5-20(19)30-23(21)25-16-24-22;1-14-15(2)31-22-19(14)20(24-13-25-22)28-11-7-16(8-12-28)21(30)23-9-6-18-27-26-17-5-3-4-10-29(17)18;1-10-2-3-11-12(8-10)26-15-13(11)14(19-9-20-15)23-6-4-18(5-7-23)16(24)21-17(25)22-18/h3-6,13,16-17H,7-12H2,1-2H3,(H,24,28);6-9,16H,2-5,10-15H2,1H3;3-5,10,13,16H,6-9,11-12H2,1-2H3,(H,23,30);9-12H,2-8H2,1H3,(H2,21,22,24,25). The van der Waals surface area contributed by atoms with Gasteiger partial charge in [-0.05, 0) is 176 Å². The van der Waals surface area contributed by atoms with Crippen molar-refractivity contribution in [2.75, 3.05) is 125 Å². The highest BCUT2D eigenvalue weighted by Gasteiger charge is 2.49. The van der Waals surface area contributed by atoms with E-state index in [4.69, 9.17) is 23.9 Å². The molecule has 0 bridgehead atoms. The normalized spacial score (nSPS) is 20.4. The van der Waals surface area contributed by atoms with E-state index < -0.39 is 5.54 Å². The van der Waals surface area contributed by atoms with Crippen LogP contribution in [0.1, 0.15) is 126 Å². The number of hydrogen-bond donors (Lipinski definition) is 4. The number of rotatable bonds is 16. The summed E-state index contributed by atoms with van der Waals surface area (Å²) in [6.07, 6.45) is 22.4. The van der Waals surface area contributed by atoms with Crippen molar-refractivity contribution in [1.29, 1.82) is 0 Å². The highest BCUT2D eigenvalue weighted by Crippen LogP contribution is 2.55. The zero-order valence-corrected chi connectivity index (χ0v) is 71.0. The van der Waals surface area contributed by atoms with Crippen LogP contribution < -0.4 is 59.8 Å². The molecule has 118 heavy (non-hydrogen) atoms. The molecule has 0 radical (unpaired) electrons. The number of nitrogens with one attached hydrogen (secondary N) is 4. The van der Waals surface area contributed by atoms with Crippen molar-refractivity contribution < 1.29 is 38.1 Å². The molecule has 1 spiro atoms. The number of urea groups is 1. The van der Waals surface area contributed by atoms with Gasteiger partial charge in [-0.25, -0.2) is 44.7 Å². The lowest BCUT2D eigenvalue weighted by Crippen LogP contribution is -2.55. The first kappa shape index (κ1) is 80.3. The molecule has 2 aliphatic carbocycles. The molecule has 9 aromatic heterocycles. The van der Waals surface area contributed by atoms with Crippen LogP contribution in [0.3, 0.4) is 0 Å². The Labute approximate surface area is 702 Å². The average Bonchev–Trinajstić information content (AvgIpc) is 1.56. The van der Waals surface area contributed by atoms with Crippen LogP contribution in [0.25, 0.3) is 36.3 Å². The van der Waals surface area contributed by atoms with E-state index in [2.05, 4.69) is 125 Å². The SMILES string of the molecule is CC1CCC2c3c(ncnc3N3CCC4(CC3)NC(=O)NC4=O)SC2C1.COc1ccc(OCCN2CCN(c3ncnc4sc5c(c34)CCCC5)CC2)cc1.Cc1sc2ncnc(N3CCC(C(=O)NCC4COc5ccccc5O4)CC3)c2c1C.Cc1sc2ncnc(N3CCC(C(=O)NCCc4nnc5ccccn45)CC3)c2c1C. The molecule has 4 atom stereocenters. The highest BCUT2D eigenvalue weighted by molar-refractivity contribution is 8.00. The van der Waals surface area contributed by atoms with Crippen molar-refractivity contribution in [1.82, 2.24) is 80.6 Å². The Balaban J connectivity index is 0.000000113. The van der Waals surface area contributed by atoms with Crippen molar-refractivity contribution in [3.63, 3.8) is 0 Å². The van der Waals surface area contributed by atoms with E-state index >= 15 is 0 Å². The van der Waals surface area contributed by atoms with E-state index in [9.17, 15) is 19.2 Å². The summed E-state index contributed by atoms with van der Waals surface area (Å²) >= 11 is 7.23. The Morgan fingerprint density at radius 1 is 0.619 bits per heavy atom. The molecule has 6 fully saturated rings. The van der Waals surface area contributed by atoms with Crippen LogP contribution in [-0.2, 0) is 33.6 Å². The second-order valence-corrected chi connectivity index (χ2v) is 36.9. The summed E-state index contributed by atoms with van der Waals surface area (Å²) in [6, 6.07) is 20.8. The number of piperazine rings is 1. The number of aromatic nitrogens is 11. The maximum absolute atomic E-state index is 12.7. The third-order valence-electron chi connectivity index (χ3n) is 24.9. The lowest BCUT2D eigenvalue weighted by Gasteiger charge is -2.39. The third-order valence-corrected chi connectivity index (χ3v) is 29.7. The van der Waals surface area contributed by atoms with Crippen molar-refractivity contribution >= 4 is 129 Å². The monoisotopic (exact) mass is 1670 g/mol. The van der Waals surface area contributed by atoms with Gasteiger partial charge in [0.05, 0.1) is 29.8 Å². The van der Waals surface area contributed by atoms with E-state index in [1.807, 2.05) is 100 Å². The molecule has 4 unspecified atom stereocenters. The molecule has 16 heterocycles. The minimum Gasteiger partial charge on any atom is -0.497 e. The number of thioether (sulfide) groups is 1. The Kier molecular flexibility index (Phi) is 24.4. The van der Waals surface area contributed by atoms with Crippen LogP contribution in [0.2, 0.25) is 0 Å². The smallest absolute Gasteiger partial charge is 0.322 e. The molecule has 5 amide bonds. The molecule has 2 aromatic carbocycles. The molecule has 11 aromatic rings. The first-order valence-corrected chi connectivity index (χ1v) is 44.9. The number of nitrogens with zero attached hydrogens (tertiary/aromatic N) is 16. The predicted octanol–water partition coefficient (Wildman–Crippen LogP) is 12.2. The van der Waals surface area contributed by atoms with Gasteiger partial charge in [-0.3, -0.25) is 29.0 Å². The van der Waals surface area contributed by atoms with Crippen molar-refractivity contribution in [2.45, 2.75) is 152 Å². The third kappa shape index (κ3) is 17.2. The molecule has 20 rings (SSSR count). The van der Waals surface area contributed by atoms with Crippen molar-refractivity contribution in [2.24, 2.45) is 17.8 Å². The molecule has 618 valence electrons. The molecule has 5 saturated heterocycles. The van der Waals surface area contributed by atoms with Crippen molar-refractivity contribution in [3.05, 3.63) is 141 Å². The fraction of sp³-hybridized carbons (Fsp3) is 0.488. The number of para-hydroxylation sites is 2. The number of thiophene rings is 3. The number of amides is 5. The molecule has 1 saturated carbocycles. The number of aryl methyl sites for hydroxylation is 6. The van der Waals surface area contributed by atoms with Gasteiger partial charge in [0.15, 0.2) is 17.1 Å². The highest BCUT2D eigenvalue weighted by atomic mass is 32.2. The first-order chi connectivity index (χ1) is 57.6. The molecular weight excluding hydrogens is 1570 g/mol. The summed E-state index contributed by atoms with van der Waals surface area (Å²) in [6.45, 7) is 22.7. The Morgan fingerprint density at radius 2 is 1.21 bits per heavy atom. The van der Waals surface area contributed by atoms with Gasteiger partial charge in [0, 0.05) is 134 Å². The second kappa shape index (κ2) is 35.8. The van der Waals surface area contributed by atoms with Gasteiger partial charge in [0.25, 0.3) is 5.91 Å². The molecule has 7 aliphatic heterocycles. The van der Waals surface area contributed by atoms with Gasteiger partial charge in [0.1, 0.15) is 110 Å². The Bertz CT molecular complexity index is 5440. The number of carbonyl (C=O) groups is 4. The van der Waals surface area contributed by atoms with Gasteiger partial charge in [-0.1, -0.05) is 31.5 Å². The summed E-state index contributed by atoms with van der Waals surface area (Å²) < 4.78 is 24.7. The number of anilines is 4. The van der Waals surface area contributed by atoms with Gasteiger partial charge >= 0.3 is 6.03 Å². The van der Waals surface area contributed by atoms with E-state index in [1.54, 1.807) is 55.1 Å².